The zero-order chi connectivity index (χ0) is 6.53. The molecule has 0 spiro atoms. The molecular formula is C8H8Na2O. The quantitative estimate of drug-likeness (QED) is 0.318. The smallest absolute Gasteiger partial charge is 0.861 e. The molecule has 0 bridgehead atoms. The zero-order valence-electron chi connectivity index (χ0n) is 7.08. The first kappa shape index (κ1) is 14.6. The van der Waals surface area contributed by atoms with Crippen LogP contribution in [-0.4, -0.2) is 6.61 Å². The first-order valence-corrected chi connectivity index (χ1v) is 2.90. The van der Waals surface area contributed by atoms with E-state index in [2.05, 4.69) is 0 Å². The predicted molar refractivity (Wildman–Crippen MR) is 34.7 cm³/mol. The van der Waals surface area contributed by atoms with E-state index in [1.807, 2.05) is 30.3 Å². The van der Waals surface area contributed by atoms with E-state index in [9.17, 15) is 5.11 Å². The Labute approximate surface area is 112 Å². The van der Waals surface area contributed by atoms with Gasteiger partial charge in [0, 0.05) is 0 Å². The summed E-state index contributed by atoms with van der Waals surface area (Å²) in [5.41, 5.74) is 1.01. The van der Waals surface area contributed by atoms with Crippen LogP contribution in [0.4, 0.5) is 0 Å². The molecule has 0 N–H and O–H groups in total. The van der Waals surface area contributed by atoms with Crippen molar-refractivity contribution in [2.24, 2.45) is 0 Å². The van der Waals surface area contributed by atoms with Crippen LogP contribution in [-0.2, 0) is 0 Å². The Balaban J connectivity index is 0. The van der Waals surface area contributed by atoms with Gasteiger partial charge in [0.25, 0.3) is 0 Å². The van der Waals surface area contributed by atoms with Gasteiger partial charge in [-0.1, -0.05) is 6.07 Å². The van der Waals surface area contributed by atoms with Crippen molar-refractivity contribution in [2.45, 2.75) is 0 Å². The molecule has 1 aromatic rings. The largest absolute Gasteiger partial charge is 1.00 e. The number of hydrogen-bond acceptors (Lipinski definition) is 1. The summed E-state index contributed by atoms with van der Waals surface area (Å²) in [5, 5.41) is 10.0. The molecule has 0 saturated carbocycles. The third-order valence-electron chi connectivity index (χ3n) is 1.12. The third-order valence-corrected chi connectivity index (χ3v) is 1.12. The topological polar surface area (TPSA) is 23.1 Å². The molecule has 48 valence electrons. The molecule has 1 aromatic carbocycles. The van der Waals surface area contributed by atoms with Crippen molar-refractivity contribution in [1.82, 2.24) is 0 Å². The Morgan fingerprint density at radius 2 is 1.64 bits per heavy atom. The Morgan fingerprint density at radius 1 is 1.09 bits per heavy atom. The van der Waals surface area contributed by atoms with Gasteiger partial charge in [0.2, 0.25) is 0 Å². The first-order chi connectivity index (χ1) is 4.43. The summed E-state index contributed by atoms with van der Waals surface area (Å²) in [6, 6.07) is 9.60. The molecule has 11 heavy (non-hydrogen) atoms. The van der Waals surface area contributed by atoms with Gasteiger partial charge in [-0.2, -0.15) is 24.3 Å². The number of rotatable bonds is 2. The normalized spacial score (nSPS) is 7.36. The molecule has 0 radical (unpaired) electrons. The Hall–Kier alpha value is 1.05. The van der Waals surface area contributed by atoms with Crippen LogP contribution in [0.25, 0.3) is 0 Å². The summed E-state index contributed by atoms with van der Waals surface area (Å²) in [6.45, 7) is -0.135. The van der Waals surface area contributed by atoms with Crippen LogP contribution in [0.3, 0.4) is 0 Å². The first-order valence-electron chi connectivity index (χ1n) is 2.90. The fourth-order valence-corrected chi connectivity index (χ4v) is 0.685. The maximum atomic E-state index is 10.0. The molecule has 0 heterocycles. The van der Waals surface area contributed by atoms with Crippen molar-refractivity contribution < 1.29 is 64.2 Å². The average molecular weight is 166 g/mol. The summed E-state index contributed by atoms with van der Waals surface area (Å²) in [7, 11) is 0. The second-order valence-electron chi connectivity index (χ2n) is 1.78. The van der Waals surface area contributed by atoms with Crippen LogP contribution < -0.4 is 64.2 Å². The van der Waals surface area contributed by atoms with Gasteiger partial charge in [0.1, 0.15) is 0 Å². The van der Waals surface area contributed by atoms with E-state index >= 15 is 0 Å². The van der Waals surface area contributed by atoms with Gasteiger partial charge in [-0.05, 0) is 0 Å². The molecular weight excluding hydrogens is 158 g/mol. The van der Waals surface area contributed by atoms with Gasteiger partial charge in [-0.15, -0.1) is 12.1 Å². The summed E-state index contributed by atoms with van der Waals surface area (Å²) >= 11 is 0. The van der Waals surface area contributed by atoms with Crippen molar-refractivity contribution in [3.05, 3.63) is 42.3 Å². The van der Waals surface area contributed by atoms with E-state index in [1.165, 1.54) is 0 Å². The predicted octanol–water partition coefficient (Wildman–Crippen LogP) is -5.39. The van der Waals surface area contributed by atoms with Crippen LogP contribution in [0.2, 0.25) is 0 Å². The molecule has 0 unspecified atom stereocenters. The molecule has 1 nitrogen and oxygen atoms in total. The molecule has 3 heteroatoms. The minimum atomic E-state index is -0.135. The molecule has 0 aromatic heterocycles. The second-order valence-corrected chi connectivity index (χ2v) is 1.78. The fourth-order valence-electron chi connectivity index (χ4n) is 0.685. The van der Waals surface area contributed by atoms with E-state index in [4.69, 9.17) is 0 Å². The molecule has 0 aliphatic heterocycles. The van der Waals surface area contributed by atoms with E-state index < -0.39 is 0 Å². The van der Waals surface area contributed by atoms with Gasteiger partial charge >= 0.3 is 59.1 Å². The molecule has 0 aliphatic carbocycles. The average Bonchev–Trinajstić information content (AvgIpc) is 1.91. The minimum absolute atomic E-state index is 0. The van der Waals surface area contributed by atoms with Crippen molar-refractivity contribution in [3.63, 3.8) is 0 Å². The molecule has 0 amide bonds. The van der Waals surface area contributed by atoms with Crippen LogP contribution in [0.15, 0.2) is 30.3 Å². The number of hydrogen-bond donors (Lipinski definition) is 0. The van der Waals surface area contributed by atoms with Gasteiger partial charge in [0.15, 0.2) is 0 Å². The van der Waals surface area contributed by atoms with Crippen LogP contribution in [0, 0.1) is 6.42 Å². The Bertz CT molecular complexity index is 165. The maximum Gasteiger partial charge on any atom is 1.00 e. The van der Waals surface area contributed by atoms with Crippen LogP contribution in [0.1, 0.15) is 5.56 Å². The van der Waals surface area contributed by atoms with Crippen molar-refractivity contribution in [1.29, 1.82) is 0 Å². The summed E-state index contributed by atoms with van der Waals surface area (Å²) in [6.07, 6.45) is 1.65. The molecule has 0 aliphatic rings. The van der Waals surface area contributed by atoms with E-state index in [0.29, 0.717) is 0 Å². The van der Waals surface area contributed by atoms with Crippen LogP contribution >= 0.6 is 0 Å². The van der Waals surface area contributed by atoms with E-state index in [-0.39, 0.29) is 65.7 Å². The molecule has 0 saturated heterocycles. The van der Waals surface area contributed by atoms with Crippen LogP contribution in [0.5, 0.6) is 0 Å². The monoisotopic (exact) mass is 166 g/mol. The second kappa shape index (κ2) is 9.14. The van der Waals surface area contributed by atoms with Crippen molar-refractivity contribution in [3.8, 4) is 0 Å². The van der Waals surface area contributed by atoms with Crippen molar-refractivity contribution >= 4 is 0 Å². The number of benzene rings is 1. The molecule has 1 rings (SSSR count). The van der Waals surface area contributed by atoms with Gasteiger partial charge in [-0.25, -0.2) is 6.42 Å². The van der Waals surface area contributed by atoms with E-state index in [0.717, 1.165) is 5.56 Å². The Kier molecular flexibility index (Phi) is 12.1. The molecule has 0 atom stereocenters. The Morgan fingerprint density at radius 3 is 2.09 bits per heavy atom. The van der Waals surface area contributed by atoms with Crippen molar-refractivity contribution in [2.75, 3.05) is 6.61 Å². The summed E-state index contributed by atoms with van der Waals surface area (Å²) < 4.78 is 0. The maximum absolute atomic E-state index is 10.0. The van der Waals surface area contributed by atoms with Gasteiger partial charge < -0.3 is 5.11 Å². The third kappa shape index (κ3) is 6.23. The summed E-state index contributed by atoms with van der Waals surface area (Å²) in [5.74, 6) is 0. The van der Waals surface area contributed by atoms with Gasteiger partial charge in [-0.3, -0.25) is 0 Å². The zero-order valence-corrected chi connectivity index (χ0v) is 11.1. The standard InChI is InChI=1S/C8H8O.2Na/c9-7-6-8-4-2-1-3-5-8;;/h1-6H,7H2;;/q-2;2*+1. The minimum Gasteiger partial charge on any atom is -0.861 e. The fraction of sp³-hybridized carbons (Fsp3) is 0.125. The SMILES string of the molecule is [Na+].[Na+].[O-]C[CH-]c1ccccc1. The summed E-state index contributed by atoms with van der Waals surface area (Å²) in [4.78, 5) is 0. The van der Waals surface area contributed by atoms with Gasteiger partial charge in [0.05, 0.1) is 0 Å². The molecule has 0 fully saturated rings. The van der Waals surface area contributed by atoms with E-state index in [1.54, 1.807) is 6.42 Å².